The van der Waals surface area contributed by atoms with Crippen molar-refractivity contribution >= 4 is 41.1 Å². The Morgan fingerprint density at radius 2 is 1.20 bits per heavy atom. The molecule has 3 amide bonds. The van der Waals surface area contributed by atoms with Gasteiger partial charge in [0.1, 0.15) is 0 Å². The molecule has 2 aliphatic heterocycles. The number of fused-ring (bicyclic) bond motifs is 2. The largest absolute Gasteiger partial charge is 0.453 e. The molecule has 2 atom stereocenters. The first-order chi connectivity index (χ1) is 26.0. The maximum absolute atomic E-state index is 13.0. The van der Waals surface area contributed by atoms with E-state index in [1.165, 1.54) is 12.7 Å². The van der Waals surface area contributed by atoms with E-state index in [4.69, 9.17) is 28.9 Å². The first-order valence-corrected chi connectivity index (χ1v) is 18.5. The predicted octanol–water partition coefficient (Wildman–Crippen LogP) is 7.11. The van der Waals surface area contributed by atoms with Gasteiger partial charge < -0.3 is 25.6 Å². The second-order valence-corrected chi connectivity index (χ2v) is 14.0. The summed E-state index contributed by atoms with van der Waals surface area (Å²) in [5.41, 5.74) is 14.7. The normalized spacial score (nSPS) is 15.7. The third-order valence-corrected chi connectivity index (χ3v) is 11.0. The van der Waals surface area contributed by atoms with E-state index in [1.807, 2.05) is 54.0 Å². The summed E-state index contributed by atoms with van der Waals surface area (Å²) in [4.78, 5) is 41.0. The van der Waals surface area contributed by atoms with Gasteiger partial charge in [-0.3, -0.25) is 9.59 Å². The number of halogens is 2. The van der Waals surface area contributed by atoms with Crippen molar-refractivity contribution in [1.82, 2.24) is 15.1 Å². The number of rotatable bonds is 7. The van der Waals surface area contributed by atoms with Gasteiger partial charge in [0.25, 0.3) is 0 Å². The van der Waals surface area contributed by atoms with Crippen LogP contribution in [-0.4, -0.2) is 47.9 Å². The Bertz CT molecular complexity index is 2140. The molecule has 6 rings (SSSR count). The molecule has 0 bridgehead atoms. The Morgan fingerprint density at radius 1 is 0.759 bits per heavy atom. The molecule has 0 radical (unpaired) electrons. The van der Waals surface area contributed by atoms with Crippen molar-refractivity contribution in [3.8, 4) is 12.1 Å². The Morgan fingerprint density at radius 3 is 1.65 bits per heavy atom. The second kappa shape index (κ2) is 18.1. The van der Waals surface area contributed by atoms with Gasteiger partial charge in [0.05, 0.1) is 55.3 Å². The summed E-state index contributed by atoms with van der Waals surface area (Å²) in [6.45, 7) is 6.13. The van der Waals surface area contributed by atoms with E-state index in [1.54, 1.807) is 36.4 Å². The molecule has 3 N–H and O–H groups in total. The highest BCUT2D eigenvalue weighted by Crippen LogP contribution is 2.34. The molecular weight excluding hydrogens is 723 g/mol. The van der Waals surface area contributed by atoms with Gasteiger partial charge >= 0.3 is 6.09 Å². The summed E-state index contributed by atoms with van der Waals surface area (Å²) < 4.78 is 4.63. The number of ether oxygens (including phenoxy) is 1. The van der Waals surface area contributed by atoms with Gasteiger partial charge in [-0.25, -0.2) is 4.79 Å². The van der Waals surface area contributed by atoms with Crippen molar-refractivity contribution < 1.29 is 19.1 Å². The first-order valence-electron chi connectivity index (χ1n) is 17.7. The van der Waals surface area contributed by atoms with Crippen molar-refractivity contribution in [2.45, 2.75) is 64.7 Å². The van der Waals surface area contributed by atoms with Crippen molar-refractivity contribution in [1.29, 1.82) is 10.5 Å². The van der Waals surface area contributed by atoms with Crippen LogP contribution in [0.15, 0.2) is 72.8 Å². The van der Waals surface area contributed by atoms with Gasteiger partial charge in [-0.05, 0) is 95.5 Å². The van der Waals surface area contributed by atoms with E-state index in [9.17, 15) is 24.9 Å². The molecule has 4 aromatic carbocycles. The first kappa shape index (κ1) is 39.8. The molecule has 0 fully saturated rings. The van der Waals surface area contributed by atoms with Crippen LogP contribution in [0.4, 0.5) is 4.79 Å². The maximum Gasteiger partial charge on any atom is 0.407 e. The van der Waals surface area contributed by atoms with Crippen LogP contribution in [0.1, 0.15) is 81.6 Å². The number of nitrogens with one attached hydrogen (secondary N) is 1. The van der Waals surface area contributed by atoms with Gasteiger partial charge in [-0.2, -0.15) is 10.5 Å². The van der Waals surface area contributed by atoms with Crippen LogP contribution in [0, 0.1) is 22.7 Å². The molecule has 0 aliphatic carbocycles. The van der Waals surface area contributed by atoms with Crippen LogP contribution in [0.25, 0.3) is 0 Å². The average molecular weight is 766 g/mol. The fourth-order valence-corrected chi connectivity index (χ4v) is 7.84. The zero-order valence-electron chi connectivity index (χ0n) is 30.5. The van der Waals surface area contributed by atoms with Crippen LogP contribution >= 0.6 is 23.2 Å². The van der Waals surface area contributed by atoms with Gasteiger partial charge in [-0.1, -0.05) is 71.7 Å². The molecule has 0 unspecified atom stereocenters. The fraction of sp³-hybridized carbons (Fsp3) is 0.310. The number of hydrogen-bond acceptors (Lipinski definition) is 7. The Labute approximate surface area is 326 Å². The smallest absolute Gasteiger partial charge is 0.407 e. The van der Waals surface area contributed by atoms with Crippen molar-refractivity contribution in [2.24, 2.45) is 5.73 Å². The lowest BCUT2D eigenvalue weighted by atomic mass is 9.89. The molecule has 54 heavy (non-hydrogen) atoms. The topological polar surface area (TPSA) is 153 Å². The molecule has 0 spiro atoms. The number of alkyl carbamates (subject to hydrolysis) is 1. The monoisotopic (exact) mass is 764 g/mol. The Hall–Kier alpha value is -5.39. The Balaban J connectivity index is 0.000000210. The van der Waals surface area contributed by atoms with E-state index >= 15 is 0 Å². The van der Waals surface area contributed by atoms with Gasteiger partial charge in [0, 0.05) is 36.2 Å². The van der Waals surface area contributed by atoms with Gasteiger partial charge in [0.2, 0.25) is 11.8 Å². The maximum atomic E-state index is 13.0. The molecule has 0 saturated carbocycles. The van der Waals surface area contributed by atoms with E-state index in [0.29, 0.717) is 64.9 Å². The molecular formula is C42H42Cl2N6O4. The number of hydrogen-bond donors (Lipinski definition) is 2. The van der Waals surface area contributed by atoms with E-state index in [0.717, 1.165) is 34.2 Å². The number of methoxy groups -OCH3 is 1. The second-order valence-electron chi connectivity index (χ2n) is 13.2. The molecule has 278 valence electrons. The molecule has 4 aromatic rings. The van der Waals surface area contributed by atoms with Gasteiger partial charge in [0.15, 0.2) is 0 Å². The lowest BCUT2D eigenvalue weighted by Gasteiger charge is -2.36. The van der Waals surface area contributed by atoms with E-state index in [2.05, 4.69) is 28.3 Å². The highest BCUT2D eigenvalue weighted by molar-refractivity contribution is 6.32. The summed E-state index contributed by atoms with van der Waals surface area (Å²) in [5.74, 6) is -0.0771. The minimum absolute atomic E-state index is 0.0131. The number of carbonyl (C=O) groups excluding carboxylic acids is 3. The summed E-state index contributed by atoms with van der Waals surface area (Å²) >= 11 is 12.4. The van der Waals surface area contributed by atoms with Crippen LogP contribution in [0.5, 0.6) is 0 Å². The minimum atomic E-state index is -0.476. The number of nitrogens with zero attached hydrogens (tertiary/aromatic N) is 4. The number of amides is 3. The Kier molecular flexibility index (Phi) is 13.3. The average Bonchev–Trinajstić information content (AvgIpc) is 3.18. The third kappa shape index (κ3) is 8.69. The lowest BCUT2D eigenvalue weighted by molar-refractivity contribution is -0.133. The summed E-state index contributed by atoms with van der Waals surface area (Å²) in [6.07, 6.45) is 1.24. The van der Waals surface area contributed by atoms with Crippen LogP contribution in [0.3, 0.4) is 0 Å². The van der Waals surface area contributed by atoms with Crippen molar-refractivity contribution in [2.75, 3.05) is 20.2 Å². The van der Waals surface area contributed by atoms with Crippen LogP contribution < -0.4 is 11.1 Å². The number of nitrogens with two attached hydrogens (primary N) is 1. The quantitative estimate of drug-likeness (QED) is 0.203. The number of carbonyl (C=O) groups is 3. The standard InChI is InChI=1S/C22H22ClN3O3.C20H20ClN3O/c1-14-17-7-3-6-16(13-25-22(28)29-2)18(17)9-10-26(14)21(27)11-19-15(12-24)5-4-8-20(19)23;1-13-16-6-2-4-14(11-22)17(16)8-9-24(13)20(25)10-18-15(12-23)5-3-7-19(18)21/h3-8,14H,9-11,13H2,1-2H3,(H,25,28);2-7,13H,8-11,22H2,1H3/t14-;13-/m00/s1. The number of benzene rings is 4. The predicted molar refractivity (Wildman–Crippen MR) is 207 cm³/mol. The molecule has 12 heteroatoms. The van der Waals surface area contributed by atoms with Crippen molar-refractivity contribution in [3.63, 3.8) is 0 Å². The van der Waals surface area contributed by atoms with Crippen molar-refractivity contribution in [3.05, 3.63) is 138 Å². The SMILES string of the molecule is COC(=O)NCc1cccc2c1CCN(C(=O)Cc1c(Cl)cccc1C#N)[C@H]2C.C[C@H]1c2cccc(CN)c2CCN1C(=O)Cc1c(Cl)cccc1C#N. The zero-order chi connectivity index (χ0) is 38.9. The fourth-order valence-electron chi connectivity index (χ4n) is 7.36. The highest BCUT2D eigenvalue weighted by atomic mass is 35.5. The molecule has 2 heterocycles. The third-order valence-electron chi connectivity index (χ3n) is 10.3. The van der Waals surface area contributed by atoms with Gasteiger partial charge in [-0.15, -0.1) is 0 Å². The van der Waals surface area contributed by atoms with Crippen LogP contribution in [0.2, 0.25) is 10.0 Å². The van der Waals surface area contributed by atoms with Crippen LogP contribution in [-0.2, 0) is 53.1 Å². The lowest BCUT2D eigenvalue weighted by Crippen LogP contribution is -2.40. The minimum Gasteiger partial charge on any atom is -0.453 e. The summed E-state index contributed by atoms with van der Waals surface area (Å²) in [6, 6.07) is 26.3. The molecule has 0 aromatic heterocycles. The molecule has 2 aliphatic rings. The molecule has 0 saturated heterocycles. The highest BCUT2D eigenvalue weighted by Gasteiger charge is 2.31. The zero-order valence-corrected chi connectivity index (χ0v) is 32.0. The summed E-state index contributed by atoms with van der Waals surface area (Å²) in [5, 5.41) is 22.2. The molecule has 10 nitrogen and oxygen atoms in total. The summed E-state index contributed by atoms with van der Waals surface area (Å²) in [7, 11) is 1.33. The van der Waals surface area contributed by atoms with E-state index in [-0.39, 0.29) is 36.7 Å². The van der Waals surface area contributed by atoms with E-state index < -0.39 is 6.09 Å². The number of nitriles is 2.